The van der Waals surface area contributed by atoms with Crippen LogP contribution in [0.3, 0.4) is 0 Å². The lowest BCUT2D eigenvalue weighted by molar-refractivity contribution is -0.137. The van der Waals surface area contributed by atoms with Crippen LogP contribution in [-0.2, 0) is 15.8 Å². The molecule has 0 saturated heterocycles. The number of pyridine rings is 2. The largest absolute Gasteiger partial charge is 0.478 e. The van der Waals surface area contributed by atoms with Gasteiger partial charge in [-0.2, -0.15) is 13.2 Å². The smallest absolute Gasteiger partial charge is 0.416 e. The van der Waals surface area contributed by atoms with Gasteiger partial charge in [-0.05, 0) is 80.9 Å². The topological polar surface area (TPSA) is 186 Å². The number of anilines is 2. The van der Waals surface area contributed by atoms with Crippen molar-refractivity contribution < 1.29 is 27.9 Å². The van der Waals surface area contributed by atoms with E-state index in [0.717, 1.165) is 57.2 Å². The number of rotatable bonds is 9. The Balaban J connectivity index is 0.000000207. The Labute approximate surface area is 320 Å². The molecule has 0 atom stereocenters. The summed E-state index contributed by atoms with van der Waals surface area (Å²) in [6.07, 6.45) is 10.0. The first-order chi connectivity index (χ1) is 26.6. The Hall–Kier alpha value is -7.21. The maximum Gasteiger partial charge on any atom is 0.416 e. The van der Waals surface area contributed by atoms with Crippen LogP contribution in [0.25, 0.3) is 35.2 Å². The summed E-state index contributed by atoms with van der Waals surface area (Å²) < 4.78 is 40.9. The zero-order valence-corrected chi connectivity index (χ0v) is 31.0. The molecule has 6 rings (SSSR count). The molecule has 0 bridgehead atoms. The van der Waals surface area contributed by atoms with Crippen molar-refractivity contribution in [2.45, 2.75) is 26.9 Å². The fraction of sp³-hybridized carbons (Fsp3) is 0.158. The fourth-order valence-electron chi connectivity index (χ4n) is 4.80. The number of nitrogens with one attached hydrogen (secondary N) is 1. The first kappa shape index (κ1) is 41.5. The number of halogens is 3. The van der Waals surface area contributed by atoms with Crippen LogP contribution in [-0.4, -0.2) is 70.6 Å². The van der Waals surface area contributed by atoms with Crippen LogP contribution < -0.4 is 21.3 Å². The number of hydrazine groups is 2. The molecule has 1 amide bonds. The van der Waals surface area contributed by atoms with E-state index >= 15 is 0 Å². The Bertz CT molecular complexity index is 2250. The fourth-order valence-corrected chi connectivity index (χ4v) is 4.80. The number of benzene rings is 2. The maximum atomic E-state index is 12.8. The standard InChI is InChI=1S/C19H20N6O.C13H10F3N3O2.C6H9N3/c1-14-9-15(2)11-16(10-14)19-21-13-25(23-19)8-6-18(26)22-24(3)17-5-4-7-20-12-17;1-8-4-9(6-10(5-8)13(14,15)16)12-17-7-19(18-12)3-2-11(20)21;1-9(7)6-3-2-4-8-5-6/h4-13H,1-3H3,(H,22,26);2-7H,1H3,(H,20,21);2-5H,7H2,1H3/b8-6-;3-2-;. The predicted molar refractivity (Wildman–Crippen MR) is 206 cm³/mol. The number of alkyl halides is 3. The number of aryl methyl sites for hydroxylation is 3. The Morgan fingerprint density at radius 1 is 0.768 bits per heavy atom. The second kappa shape index (κ2) is 19.2. The van der Waals surface area contributed by atoms with Gasteiger partial charge in [-0.25, -0.2) is 30.0 Å². The van der Waals surface area contributed by atoms with Gasteiger partial charge >= 0.3 is 12.1 Å². The van der Waals surface area contributed by atoms with Crippen LogP contribution in [0.15, 0.2) is 110 Å². The summed E-state index contributed by atoms with van der Waals surface area (Å²) in [6, 6.07) is 17.1. The first-order valence-electron chi connectivity index (χ1n) is 16.6. The van der Waals surface area contributed by atoms with E-state index in [1.165, 1.54) is 28.2 Å². The van der Waals surface area contributed by atoms with Crippen LogP contribution in [0, 0.1) is 20.8 Å². The van der Waals surface area contributed by atoms with E-state index in [2.05, 4.69) is 41.6 Å². The summed E-state index contributed by atoms with van der Waals surface area (Å²) in [5.74, 6) is 4.67. The summed E-state index contributed by atoms with van der Waals surface area (Å²) >= 11 is 0. The number of aliphatic carboxylic acids is 1. The van der Waals surface area contributed by atoms with Gasteiger partial charge in [0, 0.05) is 62.2 Å². The number of carboxylic acid groups (broad SMARTS) is 1. The van der Waals surface area contributed by atoms with E-state index in [1.54, 1.807) is 69.4 Å². The molecule has 0 fully saturated rings. The molecule has 0 aliphatic carbocycles. The number of amides is 1. The second-order valence-corrected chi connectivity index (χ2v) is 12.1. The molecule has 0 aliphatic rings. The highest BCUT2D eigenvalue weighted by molar-refractivity contribution is 5.91. The molecule has 4 N–H and O–H groups in total. The van der Waals surface area contributed by atoms with Gasteiger partial charge in [-0.15, -0.1) is 10.2 Å². The summed E-state index contributed by atoms with van der Waals surface area (Å²) in [5, 5.41) is 19.9. The normalized spacial score (nSPS) is 11.0. The third-order valence-corrected chi connectivity index (χ3v) is 7.27. The van der Waals surface area contributed by atoms with Crippen LogP contribution in [0.1, 0.15) is 22.3 Å². The quantitative estimate of drug-likeness (QED) is 0.0912. The number of carboxylic acids is 1. The molecule has 0 saturated carbocycles. The number of carbonyl (C=O) groups excluding carboxylic acids is 1. The van der Waals surface area contributed by atoms with Crippen LogP contribution in [0.4, 0.5) is 24.5 Å². The molecular formula is C38H39F3N12O3. The van der Waals surface area contributed by atoms with Gasteiger partial charge in [0.15, 0.2) is 11.6 Å². The monoisotopic (exact) mass is 768 g/mol. The van der Waals surface area contributed by atoms with Crippen molar-refractivity contribution in [2.75, 3.05) is 24.1 Å². The number of hydrogen-bond acceptors (Lipinski definition) is 11. The minimum Gasteiger partial charge on any atom is -0.478 e. The molecule has 0 radical (unpaired) electrons. The Morgan fingerprint density at radius 2 is 1.27 bits per heavy atom. The van der Waals surface area contributed by atoms with Crippen molar-refractivity contribution in [1.29, 1.82) is 0 Å². The van der Waals surface area contributed by atoms with Crippen molar-refractivity contribution in [2.24, 2.45) is 5.84 Å². The molecule has 6 aromatic rings. The van der Waals surface area contributed by atoms with E-state index in [0.29, 0.717) is 11.4 Å². The number of hydrogen-bond donors (Lipinski definition) is 3. The molecular weight excluding hydrogens is 729 g/mol. The van der Waals surface area contributed by atoms with Gasteiger partial charge in [-0.1, -0.05) is 17.2 Å². The summed E-state index contributed by atoms with van der Waals surface area (Å²) in [4.78, 5) is 38.5. The molecule has 0 aliphatic heterocycles. The minimum absolute atomic E-state index is 0.0826. The predicted octanol–water partition coefficient (Wildman–Crippen LogP) is 5.81. The molecule has 0 spiro atoms. The van der Waals surface area contributed by atoms with E-state index in [-0.39, 0.29) is 17.3 Å². The Kier molecular flexibility index (Phi) is 14.3. The van der Waals surface area contributed by atoms with Crippen LogP contribution in [0.2, 0.25) is 0 Å². The first-order valence-corrected chi connectivity index (χ1v) is 16.6. The van der Waals surface area contributed by atoms with Crippen LogP contribution in [0.5, 0.6) is 0 Å². The van der Waals surface area contributed by atoms with E-state index < -0.39 is 17.7 Å². The number of nitrogens with zero attached hydrogens (tertiary/aromatic N) is 10. The zero-order valence-electron chi connectivity index (χ0n) is 31.0. The SMILES string of the molecule is CN(N)c1cccnc1.Cc1cc(-c2ncn(/C=C\C(=O)O)n2)cc(C(F)(F)F)c1.Cc1cc(C)cc(-c2ncn(/C=C\C(=O)NN(C)c3cccnc3)n2)c1. The highest BCUT2D eigenvalue weighted by Gasteiger charge is 2.31. The molecule has 4 aromatic heterocycles. The number of carbonyl (C=O) groups is 2. The second-order valence-electron chi connectivity index (χ2n) is 12.1. The van der Waals surface area contributed by atoms with E-state index in [4.69, 9.17) is 10.9 Å². The lowest BCUT2D eigenvalue weighted by Crippen LogP contribution is -2.38. The Morgan fingerprint density at radius 3 is 1.73 bits per heavy atom. The third kappa shape index (κ3) is 13.0. The number of nitrogens with two attached hydrogens (primary N) is 1. The molecule has 15 nitrogen and oxygen atoms in total. The minimum atomic E-state index is -4.45. The van der Waals surface area contributed by atoms with Crippen molar-refractivity contribution in [3.63, 3.8) is 0 Å². The van der Waals surface area contributed by atoms with Crippen molar-refractivity contribution in [1.82, 2.24) is 44.9 Å². The van der Waals surface area contributed by atoms with Gasteiger partial charge in [0.05, 0.1) is 29.3 Å². The van der Waals surface area contributed by atoms with Crippen molar-refractivity contribution in [3.05, 3.63) is 133 Å². The maximum absolute atomic E-state index is 12.8. The molecule has 2 aromatic carbocycles. The molecule has 4 heterocycles. The summed E-state index contributed by atoms with van der Waals surface area (Å²) in [7, 11) is 3.52. The lowest BCUT2D eigenvalue weighted by Gasteiger charge is -2.18. The van der Waals surface area contributed by atoms with E-state index in [1.807, 2.05) is 44.2 Å². The molecule has 18 heteroatoms. The molecule has 290 valence electrons. The average molecular weight is 769 g/mol. The van der Waals surface area contributed by atoms with Crippen LogP contribution >= 0.6 is 0 Å². The third-order valence-electron chi connectivity index (χ3n) is 7.27. The van der Waals surface area contributed by atoms with Crippen molar-refractivity contribution >= 4 is 35.7 Å². The highest BCUT2D eigenvalue weighted by Crippen LogP contribution is 2.32. The van der Waals surface area contributed by atoms with Gasteiger partial charge < -0.3 is 10.1 Å². The highest BCUT2D eigenvalue weighted by atomic mass is 19.4. The zero-order chi connectivity index (χ0) is 40.8. The molecule has 56 heavy (non-hydrogen) atoms. The van der Waals surface area contributed by atoms with Crippen molar-refractivity contribution in [3.8, 4) is 22.8 Å². The summed E-state index contributed by atoms with van der Waals surface area (Å²) in [6.45, 7) is 5.62. The van der Waals surface area contributed by atoms with E-state index in [9.17, 15) is 22.8 Å². The molecule has 0 unspecified atom stereocenters. The average Bonchev–Trinajstić information content (AvgIpc) is 3.84. The van der Waals surface area contributed by atoms with Gasteiger partial charge in [-0.3, -0.25) is 25.2 Å². The number of aromatic nitrogens is 8. The summed E-state index contributed by atoms with van der Waals surface area (Å²) in [5.41, 5.74) is 7.55. The van der Waals surface area contributed by atoms with Gasteiger partial charge in [0.25, 0.3) is 5.91 Å². The van der Waals surface area contributed by atoms with Gasteiger partial charge in [0.2, 0.25) is 0 Å². The lowest BCUT2D eigenvalue weighted by atomic mass is 10.1. The van der Waals surface area contributed by atoms with Gasteiger partial charge in [0.1, 0.15) is 12.7 Å².